The van der Waals surface area contributed by atoms with Crippen LogP contribution in [0.3, 0.4) is 0 Å². The molecule has 0 aromatic rings. The van der Waals surface area contributed by atoms with Gasteiger partial charge in [0.25, 0.3) is 0 Å². The predicted octanol–water partition coefficient (Wildman–Crippen LogP) is -0.734. The van der Waals surface area contributed by atoms with E-state index in [1.165, 1.54) is 0 Å². The van der Waals surface area contributed by atoms with Crippen molar-refractivity contribution < 1.29 is 9.59 Å². The Kier molecular flexibility index (Phi) is 4.75. The summed E-state index contributed by atoms with van der Waals surface area (Å²) < 4.78 is 0. The standard InChI is InChI=1S/C15H26N4O2/c20-14(18-8-4-16-5-9-18)12-2-1-3-13(12)15(21)19-10-6-17-7-11-19/h12-13,16-17H,1-11H2. The molecule has 0 aromatic heterocycles. The maximum absolute atomic E-state index is 12.7. The topological polar surface area (TPSA) is 64.7 Å². The second-order valence-corrected chi connectivity index (χ2v) is 6.29. The fourth-order valence-corrected chi connectivity index (χ4v) is 3.79. The summed E-state index contributed by atoms with van der Waals surface area (Å²) in [6.07, 6.45) is 2.77. The zero-order valence-corrected chi connectivity index (χ0v) is 12.6. The van der Waals surface area contributed by atoms with Gasteiger partial charge in [0.2, 0.25) is 11.8 Å². The molecule has 2 unspecified atom stereocenters. The monoisotopic (exact) mass is 294 g/mol. The number of hydrogen-bond donors (Lipinski definition) is 2. The van der Waals surface area contributed by atoms with Gasteiger partial charge in [0.05, 0.1) is 0 Å². The Balaban J connectivity index is 1.63. The lowest BCUT2D eigenvalue weighted by Gasteiger charge is -2.34. The van der Waals surface area contributed by atoms with E-state index >= 15 is 0 Å². The lowest BCUT2D eigenvalue weighted by molar-refractivity contribution is -0.145. The van der Waals surface area contributed by atoms with E-state index in [2.05, 4.69) is 10.6 Å². The lowest BCUT2D eigenvalue weighted by atomic mass is 9.92. The third-order valence-electron chi connectivity index (χ3n) is 5.01. The van der Waals surface area contributed by atoms with E-state index in [9.17, 15) is 9.59 Å². The van der Waals surface area contributed by atoms with Gasteiger partial charge >= 0.3 is 0 Å². The van der Waals surface area contributed by atoms with Crippen LogP contribution in [0.1, 0.15) is 19.3 Å². The highest BCUT2D eigenvalue weighted by molar-refractivity contribution is 5.88. The van der Waals surface area contributed by atoms with Gasteiger partial charge in [-0.3, -0.25) is 9.59 Å². The van der Waals surface area contributed by atoms with Gasteiger partial charge in [-0.25, -0.2) is 0 Å². The molecule has 3 aliphatic rings. The number of piperazine rings is 2. The molecule has 6 nitrogen and oxygen atoms in total. The van der Waals surface area contributed by atoms with Crippen molar-refractivity contribution in [2.75, 3.05) is 52.4 Å². The highest BCUT2D eigenvalue weighted by Gasteiger charge is 2.41. The molecule has 6 heteroatoms. The maximum Gasteiger partial charge on any atom is 0.226 e. The van der Waals surface area contributed by atoms with E-state index in [0.717, 1.165) is 71.6 Å². The first-order valence-corrected chi connectivity index (χ1v) is 8.26. The van der Waals surface area contributed by atoms with Gasteiger partial charge in [-0.1, -0.05) is 6.42 Å². The average molecular weight is 294 g/mol. The Bertz CT molecular complexity index is 353. The van der Waals surface area contributed by atoms with E-state index in [1.807, 2.05) is 9.80 Å². The first kappa shape index (κ1) is 14.8. The van der Waals surface area contributed by atoms with Crippen molar-refractivity contribution in [1.29, 1.82) is 0 Å². The zero-order valence-electron chi connectivity index (χ0n) is 12.6. The van der Waals surface area contributed by atoms with Gasteiger partial charge < -0.3 is 20.4 Å². The van der Waals surface area contributed by atoms with Crippen LogP contribution in [-0.4, -0.2) is 74.0 Å². The van der Waals surface area contributed by atoms with Crippen molar-refractivity contribution in [2.45, 2.75) is 19.3 Å². The van der Waals surface area contributed by atoms with Crippen molar-refractivity contribution in [3.63, 3.8) is 0 Å². The van der Waals surface area contributed by atoms with Crippen LogP contribution in [0, 0.1) is 11.8 Å². The number of nitrogens with zero attached hydrogens (tertiary/aromatic N) is 2. The summed E-state index contributed by atoms with van der Waals surface area (Å²) in [6, 6.07) is 0. The second-order valence-electron chi connectivity index (χ2n) is 6.29. The van der Waals surface area contributed by atoms with Crippen molar-refractivity contribution >= 4 is 11.8 Å². The van der Waals surface area contributed by atoms with Crippen LogP contribution >= 0.6 is 0 Å². The molecular formula is C15H26N4O2. The van der Waals surface area contributed by atoms with Crippen molar-refractivity contribution in [3.8, 4) is 0 Å². The molecule has 3 fully saturated rings. The molecule has 2 saturated heterocycles. The quantitative estimate of drug-likeness (QED) is 0.704. The third-order valence-corrected chi connectivity index (χ3v) is 5.01. The summed E-state index contributed by atoms with van der Waals surface area (Å²) in [4.78, 5) is 29.3. The summed E-state index contributed by atoms with van der Waals surface area (Å²) in [7, 11) is 0. The summed E-state index contributed by atoms with van der Waals surface area (Å²) in [6.45, 7) is 6.61. The normalized spacial score (nSPS) is 30.5. The minimum atomic E-state index is -0.0783. The minimum Gasteiger partial charge on any atom is -0.340 e. The predicted molar refractivity (Wildman–Crippen MR) is 79.7 cm³/mol. The number of hydrogen-bond acceptors (Lipinski definition) is 4. The van der Waals surface area contributed by atoms with Crippen molar-refractivity contribution in [3.05, 3.63) is 0 Å². The molecule has 2 aliphatic heterocycles. The molecule has 0 bridgehead atoms. The lowest BCUT2D eigenvalue weighted by Crippen LogP contribution is -2.52. The van der Waals surface area contributed by atoms with Crippen molar-refractivity contribution in [1.82, 2.24) is 20.4 Å². The molecule has 2 atom stereocenters. The van der Waals surface area contributed by atoms with Crippen molar-refractivity contribution in [2.24, 2.45) is 11.8 Å². The van der Waals surface area contributed by atoms with Crippen LogP contribution in [0.2, 0.25) is 0 Å². The summed E-state index contributed by atoms with van der Waals surface area (Å²) >= 11 is 0. The molecule has 1 saturated carbocycles. The summed E-state index contributed by atoms with van der Waals surface area (Å²) in [5.74, 6) is 0.265. The highest BCUT2D eigenvalue weighted by Crippen LogP contribution is 2.34. The molecular weight excluding hydrogens is 268 g/mol. The summed E-state index contributed by atoms with van der Waals surface area (Å²) in [5.41, 5.74) is 0. The van der Waals surface area contributed by atoms with E-state index in [-0.39, 0.29) is 23.7 Å². The first-order valence-electron chi connectivity index (χ1n) is 8.26. The average Bonchev–Trinajstić information content (AvgIpc) is 3.04. The van der Waals surface area contributed by atoms with Gasteiger partial charge in [0.1, 0.15) is 0 Å². The fourth-order valence-electron chi connectivity index (χ4n) is 3.79. The number of carbonyl (C=O) groups excluding carboxylic acids is 2. The van der Waals surface area contributed by atoms with E-state index in [4.69, 9.17) is 0 Å². The zero-order chi connectivity index (χ0) is 14.7. The Labute approximate surface area is 126 Å². The Hall–Kier alpha value is -1.14. The largest absolute Gasteiger partial charge is 0.340 e. The number of carbonyl (C=O) groups is 2. The van der Waals surface area contributed by atoms with Crippen LogP contribution in [0.4, 0.5) is 0 Å². The van der Waals surface area contributed by atoms with E-state index < -0.39 is 0 Å². The van der Waals surface area contributed by atoms with E-state index in [0.29, 0.717) is 0 Å². The van der Waals surface area contributed by atoms with Crippen LogP contribution in [0.15, 0.2) is 0 Å². The second kappa shape index (κ2) is 6.75. The molecule has 3 rings (SSSR count). The summed E-state index contributed by atoms with van der Waals surface area (Å²) in [5, 5.41) is 6.54. The number of amides is 2. The molecule has 118 valence electrons. The van der Waals surface area contributed by atoms with Crippen LogP contribution < -0.4 is 10.6 Å². The van der Waals surface area contributed by atoms with Gasteiger partial charge in [0, 0.05) is 64.2 Å². The third kappa shape index (κ3) is 3.21. The fraction of sp³-hybridized carbons (Fsp3) is 0.867. The molecule has 0 radical (unpaired) electrons. The van der Waals surface area contributed by atoms with Gasteiger partial charge in [-0.2, -0.15) is 0 Å². The molecule has 2 amide bonds. The van der Waals surface area contributed by atoms with Gasteiger partial charge in [0.15, 0.2) is 0 Å². The first-order chi connectivity index (χ1) is 10.3. The Morgan fingerprint density at radius 2 is 1.10 bits per heavy atom. The van der Waals surface area contributed by atoms with Crippen LogP contribution in [0.5, 0.6) is 0 Å². The van der Waals surface area contributed by atoms with E-state index in [1.54, 1.807) is 0 Å². The van der Waals surface area contributed by atoms with Gasteiger partial charge in [-0.15, -0.1) is 0 Å². The van der Waals surface area contributed by atoms with Crippen LogP contribution in [0.25, 0.3) is 0 Å². The van der Waals surface area contributed by atoms with Gasteiger partial charge in [-0.05, 0) is 12.8 Å². The Morgan fingerprint density at radius 3 is 1.48 bits per heavy atom. The highest BCUT2D eigenvalue weighted by atomic mass is 16.2. The molecule has 2 heterocycles. The molecule has 1 aliphatic carbocycles. The number of nitrogens with one attached hydrogen (secondary N) is 2. The smallest absolute Gasteiger partial charge is 0.226 e. The molecule has 21 heavy (non-hydrogen) atoms. The SMILES string of the molecule is O=C(C1CCCC1C(=O)N1CCNCC1)N1CCNCC1. The molecule has 0 aromatic carbocycles. The maximum atomic E-state index is 12.7. The Morgan fingerprint density at radius 1 is 0.714 bits per heavy atom. The molecule has 2 N–H and O–H groups in total. The van der Waals surface area contributed by atoms with Crippen LogP contribution in [-0.2, 0) is 9.59 Å². The molecule has 0 spiro atoms. The minimum absolute atomic E-state index is 0.0783. The number of rotatable bonds is 2.